The Morgan fingerprint density at radius 1 is 1.43 bits per heavy atom. The van der Waals surface area contributed by atoms with Gasteiger partial charge in [0, 0.05) is 5.56 Å². The molecule has 1 atom stereocenters. The molecule has 1 aliphatic heterocycles. The van der Waals surface area contributed by atoms with Crippen LogP contribution in [0, 0.1) is 12.3 Å². The Labute approximate surface area is 118 Å². The van der Waals surface area contributed by atoms with E-state index in [1.54, 1.807) is 0 Å². The van der Waals surface area contributed by atoms with Gasteiger partial charge in [0.25, 0.3) is 0 Å². The average Bonchev–Trinajstić information content (AvgIpc) is 2.64. The highest BCUT2D eigenvalue weighted by Crippen LogP contribution is 2.35. The lowest BCUT2D eigenvalue weighted by Gasteiger charge is -2.24. The van der Waals surface area contributed by atoms with E-state index in [0.717, 1.165) is 11.0 Å². The number of alkyl halides is 3. The molecule has 2 rings (SSSR count). The Hall–Kier alpha value is -2.69. The summed E-state index contributed by atoms with van der Waals surface area (Å²) in [6.07, 6.45) is 0.290. The number of urea groups is 1. The SMILES string of the molecule is C#CCN1C(=O)N=C(N)C1c1ccccc1OC(F)(F)F. The maximum Gasteiger partial charge on any atom is 0.573 e. The van der Waals surface area contributed by atoms with Gasteiger partial charge in [-0.05, 0) is 6.07 Å². The number of benzene rings is 1. The lowest BCUT2D eigenvalue weighted by molar-refractivity contribution is -0.275. The first-order chi connectivity index (χ1) is 9.83. The summed E-state index contributed by atoms with van der Waals surface area (Å²) in [6, 6.07) is 3.70. The van der Waals surface area contributed by atoms with E-state index in [-0.39, 0.29) is 17.9 Å². The normalized spacial score (nSPS) is 18.4. The summed E-state index contributed by atoms with van der Waals surface area (Å²) in [6.45, 7) is -0.131. The smallest absolute Gasteiger partial charge is 0.405 e. The van der Waals surface area contributed by atoms with Crippen molar-refractivity contribution < 1.29 is 22.7 Å². The number of para-hydroxylation sites is 1. The summed E-state index contributed by atoms with van der Waals surface area (Å²) in [5, 5.41) is 0. The standard InChI is InChI=1S/C13H10F3N3O2/c1-2-7-19-10(11(17)18-12(19)20)8-5-3-4-6-9(8)21-13(14,15)16/h1,3-6,10H,7H2,(H2,17,18,20). The molecule has 0 saturated carbocycles. The molecule has 2 N–H and O–H groups in total. The summed E-state index contributed by atoms with van der Waals surface area (Å²) in [4.78, 5) is 16.3. The third-order valence-electron chi connectivity index (χ3n) is 2.76. The molecule has 0 saturated heterocycles. The average molecular weight is 297 g/mol. The number of nitrogens with two attached hydrogens (primary N) is 1. The summed E-state index contributed by atoms with van der Waals surface area (Å²) in [7, 11) is 0. The van der Waals surface area contributed by atoms with Crippen LogP contribution in [0.3, 0.4) is 0 Å². The van der Waals surface area contributed by atoms with E-state index in [9.17, 15) is 18.0 Å². The van der Waals surface area contributed by atoms with E-state index in [0.29, 0.717) is 0 Å². The number of ether oxygens (including phenoxy) is 1. The summed E-state index contributed by atoms with van der Waals surface area (Å²) >= 11 is 0. The van der Waals surface area contributed by atoms with Crippen molar-refractivity contribution in [1.29, 1.82) is 0 Å². The molecule has 0 aromatic heterocycles. The molecule has 1 unspecified atom stereocenters. The van der Waals surface area contributed by atoms with Crippen LogP contribution in [0.25, 0.3) is 0 Å². The minimum atomic E-state index is -4.86. The fourth-order valence-electron chi connectivity index (χ4n) is 2.01. The summed E-state index contributed by atoms with van der Waals surface area (Å²) in [5.74, 6) is 1.66. The Morgan fingerprint density at radius 2 is 2.10 bits per heavy atom. The molecule has 110 valence electrons. The van der Waals surface area contributed by atoms with E-state index in [1.807, 2.05) is 0 Å². The zero-order chi connectivity index (χ0) is 15.6. The monoisotopic (exact) mass is 297 g/mol. The quantitative estimate of drug-likeness (QED) is 0.868. The van der Waals surface area contributed by atoms with Crippen LogP contribution in [-0.2, 0) is 0 Å². The second-order valence-electron chi connectivity index (χ2n) is 4.14. The summed E-state index contributed by atoms with van der Waals surface area (Å²) < 4.78 is 41.2. The molecular weight excluding hydrogens is 287 g/mol. The van der Waals surface area contributed by atoms with E-state index in [4.69, 9.17) is 12.2 Å². The first-order valence-corrected chi connectivity index (χ1v) is 5.76. The number of rotatable bonds is 3. The van der Waals surface area contributed by atoms with Crippen LogP contribution in [-0.4, -0.2) is 29.7 Å². The molecule has 0 aliphatic carbocycles. The van der Waals surface area contributed by atoms with Crippen molar-refractivity contribution in [3.05, 3.63) is 29.8 Å². The van der Waals surface area contributed by atoms with Crippen molar-refractivity contribution in [2.75, 3.05) is 6.54 Å². The maximum atomic E-state index is 12.4. The highest BCUT2D eigenvalue weighted by atomic mass is 19.4. The minimum Gasteiger partial charge on any atom is -0.405 e. The van der Waals surface area contributed by atoms with Crippen LogP contribution >= 0.6 is 0 Å². The number of aliphatic imine (C=N–C) groups is 1. The first-order valence-electron chi connectivity index (χ1n) is 5.76. The van der Waals surface area contributed by atoms with Gasteiger partial charge in [0.05, 0.1) is 6.54 Å². The van der Waals surface area contributed by atoms with Gasteiger partial charge < -0.3 is 10.5 Å². The Morgan fingerprint density at radius 3 is 2.71 bits per heavy atom. The number of nitrogens with zero attached hydrogens (tertiary/aromatic N) is 2. The molecule has 0 radical (unpaired) electrons. The van der Waals surface area contributed by atoms with E-state index < -0.39 is 24.2 Å². The van der Waals surface area contributed by atoms with E-state index >= 15 is 0 Å². The van der Waals surface area contributed by atoms with Gasteiger partial charge in [0.2, 0.25) is 0 Å². The third-order valence-corrected chi connectivity index (χ3v) is 2.76. The van der Waals surface area contributed by atoms with Crippen LogP contribution in [0.4, 0.5) is 18.0 Å². The molecule has 0 bridgehead atoms. The lowest BCUT2D eigenvalue weighted by atomic mass is 10.0. The molecule has 1 aromatic carbocycles. The maximum absolute atomic E-state index is 12.4. The highest BCUT2D eigenvalue weighted by Gasteiger charge is 2.38. The first kappa shape index (κ1) is 14.7. The fraction of sp³-hybridized carbons (Fsp3) is 0.231. The predicted octanol–water partition coefficient (Wildman–Crippen LogP) is 2.05. The molecule has 8 heteroatoms. The van der Waals surface area contributed by atoms with Crippen molar-refractivity contribution in [2.24, 2.45) is 10.7 Å². The predicted molar refractivity (Wildman–Crippen MR) is 68.4 cm³/mol. The molecule has 0 spiro atoms. The van der Waals surface area contributed by atoms with Crippen LogP contribution < -0.4 is 10.5 Å². The zero-order valence-electron chi connectivity index (χ0n) is 10.6. The molecule has 1 aliphatic rings. The van der Waals surface area contributed by atoms with Gasteiger partial charge in [0.15, 0.2) is 0 Å². The van der Waals surface area contributed by atoms with Crippen LogP contribution in [0.1, 0.15) is 11.6 Å². The zero-order valence-corrected chi connectivity index (χ0v) is 10.6. The highest BCUT2D eigenvalue weighted by molar-refractivity contribution is 6.03. The molecule has 1 heterocycles. The van der Waals surface area contributed by atoms with Crippen LogP contribution in [0.15, 0.2) is 29.3 Å². The number of carbonyl (C=O) groups is 1. The molecular formula is C13H10F3N3O2. The largest absolute Gasteiger partial charge is 0.573 e. The number of hydrogen-bond donors (Lipinski definition) is 1. The Balaban J connectivity index is 2.43. The number of carbonyl (C=O) groups excluding carboxylic acids is 1. The van der Waals surface area contributed by atoms with Crippen molar-refractivity contribution in [2.45, 2.75) is 12.4 Å². The lowest BCUT2D eigenvalue weighted by Crippen LogP contribution is -2.34. The second kappa shape index (κ2) is 5.36. The van der Waals surface area contributed by atoms with Gasteiger partial charge in [-0.25, -0.2) is 4.79 Å². The van der Waals surface area contributed by atoms with Gasteiger partial charge in [0.1, 0.15) is 17.6 Å². The van der Waals surface area contributed by atoms with E-state index in [2.05, 4.69) is 15.6 Å². The molecule has 2 amide bonds. The van der Waals surface area contributed by atoms with Crippen molar-refractivity contribution in [3.8, 4) is 18.1 Å². The van der Waals surface area contributed by atoms with Crippen LogP contribution in [0.5, 0.6) is 5.75 Å². The van der Waals surface area contributed by atoms with Gasteiger partial charge in [-0.1, -0.05) is 24.1 Å². The van der Waals surface area contributed by atoms with Crippen molar-refractivity contribution in [3.63, 3.8) is 0 Å². The second-order valence-corrected chi connectivity index (χ2v) is 4.14. The van der Waals surface area contributed by atoms with Gasteiger partial charge in [-0.15, -0.1) is 19.6 Å². The Kier molecular flexibility index (Phi) is 3.76. The van der Waals surface area contributed by atoms with Crippen LogP contribution in [0.2, 0.25) is 0 Å². The van der Waals surface area contributed by atoms with Gasteiger partial charge in [-0.3, -0.25) is 4.90 Å². The molecule has 5 nitrogen and oxygen atoms in total. The van der Waals surface area contributed by atoms with E-state index in [1.165, 1.54) is 18.2 Å². The number of amidine groups is 1. The summed E-state index contributed by atoms with van der Waals surface area (Å²) in [5.41, 5.74) is 5.70. The number of amides is 2. The van der Waals surface area contributed by atoms with Crippen molar-refractivity contribution >= 4 is 11.9 Å². The Bertz CT molecular complexity index is 634. The van der Waals surface area contributed by atoms with Gasteiger partial charge in [-0.2, -0.15) is 4.99 Å². The number of halogens is 3. The third kappa shape index (κ3) is 3.08. The van der Waals surface area contributed by atoms with Crippen molar-refractivity contribution in [1.82, 2.24) is 4.90 Å². The number of hydrogen-bond acceptors (Lipinski definition) is 3. The molecule has 0 fully saturated rings. The molecule has 21 heavy (non-hydrogen) atoms. The minimum absolute atomic E-state index is 0.0668. The fourth-order valence-corrected chi connectivity index (χ4v) is 2.01. The molecule has 1 aromatic rings. The van der Waals surface area contributed by atoms with Gasteiger partial charge >= 0.3 is 12.4 Å². The topological polar surface area (TPSA) is 67.9 Å². The number of terminal acetylenes is 1.